The predicted octanol–water partition coefficient (Wildman–Crippen LogP) is 1.11. The standard InChI is InChI=1S/C14H14N6O2/c1-9(21)16-13-7-19(18-17-13)8-14(22)20-6-11(15)10-4-2-3-5-12(10)20/h2-7H,8,15H2,1H3,(H,16,21). The summed E-state index contributed by atoms with van der Waals surface area (Å²) in [7, 11) is 0. The van der Waals surface area contributed by atoms with Crippen molar-refractivity contribution in [2.75, 3.05) is 11.1 Å². The summed E-state index contributed by atoms with van der Waals surface area (Å²) >= 11 is 0. The van der Waals surface area contributed by atoms with Gasteiger partial charge in [0.1, 0.15) is 6.54 Å². The van der Waals surface area contributed by atoms with Crippen molar-refractivity contribution in [2.24, 2.45) is 0 Å². The molecule has 3 aromatic rings. The molecule has 0 saturated carbocycles. The lowest BCUT2D eigenvalue weighted by Crippen LogP contribution is -2.17. The number of rotatable bonds is 3. The number of nitrogens with two attached hydrogens (primary N) is 1. The van der Waals surface area contributed by atoms with Gasteiger partial charge in [-0.05, 0) is 6.07 Å². The van der Waals surface area contributed by atoms with E-state index in [4.69, 9.17) is 5.73 Å². The third-order valence-corrected chi connectivity index (χ3v) is 3.15. The zero-order valence-electron chi connectivity index (χ0n) is 11.9. The number of nitrogen functional groups attached to an aromatic ring is 1. The quantitative estimate of drug-likeness (QED) is 0.753. The van der Waals surface area contributed by atoms with Gasteiger partial charge in [-0.1, -0.05) is 23.4 Å². The van der Waals surface area contributed by atoms with Crippen molar-refractivity contribution in [3.05, 3.63) is 36.7 Å². The molecule has 0 saturated heterocycles. The van der Waals surface area contributed by atoms with Crippen LogP contribution in [0.3, 0.4) is 0 Å². The number of nitrogens with zero attached hydrogens (tertiary/aromatic N) is 4. The van der Waals surface area contributed by atoms with Crippen LogP contribution in [0.1, 0.15) is 11.7 Å². The number of hydrogen-bond acceptors (Lipinski definition) is 5. The van der Waals surface area contributed by atoms with Crippen LogP contribution < -0.4 is 11.1 Å². The Morgan fingerprint density at radius 3 is 2.82 bits per heavy atom. The molecule has 0 aliphatic heterocycles. The minimum Gasteiger partial charge on any atom is -0.397 e. The largest absolute Gasteiger partial charge is 0.397 e. The summed E-state index contributed by atoms with van der Waals surface area (Å²) in [5.41, 5.74) is 7.20. The predicted molar refractivity (Wildman–Crippen MR) is 81.3 cm³/mol. The van der Waals surface area contributed by atoms with Crippen LogP contribution in [0.2, 0.25) is 0 Å². The molecular weight excluding hydrogens is 284 g/mol. The van der Waals surface area contributed by atoms with Crippen molar-refractivity contribution in [1.82, 2.24) is 19.6 Å². The van der Waals surface area contributed by atoms with Gasteiger partial charge in [0.2, 0.25) is 5.91 Å². The number of amides is 1. The van der Waals surface area contributed by atoms with Crippen LogP contribution in [0.25, 0.3) is 10.9 Å². The van der Waals surface area contributed by atoms with Crippen molar-refractivity contribution < 1.29 is 9.59 Å². The van der Waals surface area contributed by atoms with Gasteiger partial charge in [0.15, 0.2) is 5.82 Å². The van der Waals surface area contributed by atoms with Gasteiger partial charge in [-0.2, -0.15) is 0 Å². The average Bonchev–Trinajstić information content (AvgIpc) is 3.04. The minimum atomic E-state index is -0.248. The molecular formula is C14H14N6O2. The zero-order chi connectivity index (χ0) is 15.7. The molecule has 8 nitrogen and oxygen atoms in total. The lowest BCUT2D eigenvalue weighted by molar-refractivity contribution is -0.114. The van der Waals surface area contributed by atoms with Crippen LogP contribution in [0, 0.1) is 0 Å². The van der Waals surface area contributed by atoms with Crippen molar-refractivity contribution in [1.29, 1.82) is 0 Å². The fraction of sp³-hybridized carbons (Fsp3) is 0.143. The molecule has 8 heteroatoms. The Kier molecular flexibility index (Phi) is 3.34. The number of carbonyl (C=O) groups excluding carboxylic acids is 2. The third kappa shape index (κ3) is 2.53. The number of benzene rings is 1. The summed E-state index contributed by atoms with van der Waals surface area (Å²) in [6.07, 6.45) is 3.09. The van der Waals surface area contributed by atoms with E-state index in [1.807, 2.05) is 24.3 Å². The highest BCUT2D eigenvalue weighted by Gasteiger charge is 2.13. The molecule has 3 rings (SSSR count). The van der Waals surface area contributed by atoms with E-state index in [9.17, 15) is 9.59 Å². The third-order valence-electron chi connectivity index (χ3n) is 3.15. The van der Waals surface area contributed by atoms with E-state index in [0.29, 0.717) is 11.5 Å². The molecule has 2 aromatic heterocycles. The van der Waals surface area contributed by atoms with E-state index < -0.39 is 0 Å². The summed E-state index contributed by atoms with van der Waals surface area (Å²) in [4.78, 5) is 23.3. The van der Waals surface area contributed by atoms with Gasteiger partial charge in [-0.15, -0.1) is 5.10 Å². The molecule has 0 fully saturated rings. The first-order chi connectivity index (χ1) is 10.5. The summed E-state index contributed by atoms with van der Waals surface area (Å²) < 4.78 is 2.85. The summed E-state index contributed by atoms with van der Waals surface area (Å²) in [6.45, 7) is 1.36. The molecule has 0 atom stereocenters. The number of hydrogen-bond donors (Lipinski definition) is 2. The van der Waals surface area contributed by atoms with Crippen molar-refractivity contribution in [3.8, 4) is 0 Å². The maximum Gasteiger partial charge on any atom is 0.252 e. The molecule has 1 aromatic carbocycles. The normalized spacial score (nSPS) is 10.8. The van der Waals surface area contributed by atoms with E-state index in [-0.39, 0.29) is 18.4 Å². The van der Waals surface area contributed by atoms with Crippen LogP contribution in [0.5, 0.6) is 0 Å². The number of fused-ring (bicyclic) bond motifs is 1. The van der Waals surface area contributed by atoms with Gasteiger partial charge in [-0.3, -0.25) is 14.2 Å². The highest BCUT2D eigenvalue weighted by Crippen LogP contribution is 2.22. The molecule has 3 N–H and O–H groups in total. The van der Waals surface area contributed by atoms with E-state index >= 15 is 0 Å². The maximum atomic E-state index is 12.4. The van der Waals surface area contributed by atoms with Gasteiger partial charge in [-0.25, -0.2) is 4.68 Å². The first-order valence-corrected chi connectivity index (χ1v) is 6.61. The van der Waals surface area contributed by atoms with Crippen molar-refractivity contribution in [2.45, 2.75) is 13.5 Å². The summed E-state index contributed by atoms with van der Waals surface area (Å²) in [6, 6.07) is 7.40. The SMILES string of the molecule is CC(=O)Nc1cn(CC(=O)n2cc(N)c3ccccc32)nn1. The molecule has 0 radical (unpaired) electrons. The lowest BCUT2D eigenvalue weighted by atomic mass is 10.2. The van der Waals surface area contributed by atoms with E-state index in [2.05, 4.69) is 15.6 Å². The maximum absolute atomic E-state index is 12.4. The van der Waals surface area contributed by atoms with Gasteiger partial charge in [0.05, 0.1) is 17.4 Å². The first kappa shape index (κ1) is 13.8. The Morgan fingerprint density at radius 1 is 1.27 bits per heavy atom. The number of nitrogens with one attached hydrogen (secondary N) is 1. The van der Waals surface area contributed by atoms with Crippen LogP contribution in [-0.4, -0.2) is 31.4 Å². The number of carbonyl (C=O) groups is 2. The van der Waals surface area contributed by atoms with E-state index in [1.165, 1.54) is 22.4 Å². The van der Waals surface area contributed by atoms with E-state index in [1.54, 1.807) is 6.20 Å². The van der Waals surface area contributed by atoms with Crippen molar-refractivity contribution >= 4 is 34.2 Å². The number of anilines is 2. The molecule has 0 aliphatic rings. The second-order valence-electron chi connectivity index (χ2n) is 4.85. The summed E-state index contributed by atoms with van der Waals surface area (Å²) in [5, 5.41) is 10.9. The lowest BCUT2D eigenvalue weighted by Gasteiger charge is -2.03. The van der Waals surface area contributed by atoms with Crippen molar-refractivity contribution in [3.63, 3.8) is 0 Å². The Bertz CT molecular complexity index is 863. The number of para-hydroxylation sites is 1. The highest BCUT2D eigenvalue weighted by molar-refractivity contribution is 5.99. The minimum absolute atomic E-state index is 0.00923. The first-order valence-electron chi connectivity index (χ1n) is 6.61. The second-order valence-corrected chi connectivity index (χ2v) is 4.85. The smallest absolute Gasteiger partial charge is 0.252 e. The Balaban J connectivity index is 1.84. The van der Waals surface area contributed by atoms with Gasteiger partial charge in [0, 0.05) is 18.5 Å². The fourth-order valence-corrected chi connectivity index (χ4v) is 2.24. The summed E-state index contributed by atoms with van der Waals surface area (Å²) in [5.74, 6) is -0.146. The Labute approximate surface area is 125 Å². The molecule has 0 aliphatic carbocycles. The fourth-order valence-electron chi connectivity index (χ4n) is 2.24. The van der Waals surface area contributed by atoms with Crippen LogP contribution in [-0.2, 0) is 11.3 Å². The molecule has 0 spiro atoms. The molecule has 0 unspecified atom stereocenters. The van der Waals surface area contributed by atoms with Gasteiger partial charge in [0.25, 0.3) is 5.91 Å². The van der Waals surface area contributed by atoms with E-state index in [0.717, 1.165) is 10.9 Å². The van der Waals surface area contributed by atoms with Crippen LogP contribution >= 0.6 is 0 Å². The molecule has 0 bridgehead atoms. The van der Waals surface area contributed by atoms with Crippen LogP contribution in [0.4, 0.5) is 11.5 Å². The zero-order valence-corrected chi connectivity index (χ0v) is 11.9. The number of aromatic nitrogens is 4. The Morgan fingerprint density at radius 2 is 2.05 bits per heavy atom. The van der Waals surface area contributed by atoms with Gasteiger partial charge >= 0.3 is 0 Å². The Hall–Kier alpha value is -3.16. The average molecular weight is 298 g/mol. The molecule has 112 valence electrons. The highest BCUT2D eigenvalue weighted by atomic mass is 16.2. The molecule has 22 heavy (non-hydrogen) atoms. The van der Waals surface area contributed by atoms with Gasteiger partial charge < -0.3 is 11.1 Å². The topological polar surface area (TPSA) is 108 Å². The second kappa shape index (κ2) is 5.32. The monoisotopic (exact) mass is 298 g/mol. The molecule has 1 amide bonds. The molecule has 2 heterocycles. The van der Waals surface area contributed by atoms with Crippen LogP contribution in [0.15, 0.2) is 36.7 Å².